The number of ether oxygens (including phenoxy) is 2. The number of hydrogen-bond donors (Lipinski definition) is 0. The molecule has 0 saturated carbocycles. The molecule has 0 aliphatic heterocycles. The van der Waals surface area contributed by atoms with E-state index in [1.807, 2.05) is 65.6 Å². The Hall–Kier alpha value is -3.31. The topological polar surface area (TPSA) is 42.0 Å². The summed E-state index contributed by atoms with van der Waals surface area (Å²) in [5.41, 5.74) is 4.15. The summed E-state index contributed by atoms with van der Waals surface area (Å²) >= 11 is 0. The molecule has 0 aliphatic rings. The zero-order valence-corrected chi connectivity index (χ0v) is 25.7. The van der Waals surface area contributed by atoms with Crippen molar-refractivity contribution in [3.63, 3.8) is 0 Å². The van der Waals surface area contributed by atoms with E-state index in [4.69, 9.17) is 9.47 Å². The van der Waals surface area contributed by atoms with Crippen LogP contribution in [0.15, 0.2) is 72.8 Å². The molecule has 1 amide bonds. The SMILES string of the molecule is CCCCc1ccc(C(=O)N(CCN(CCCC)CCCC)Cc2ccc(OC)c(OCc3ccccc3)c2)cc1. The van der Waals surface area contributed by atoms with Gasteiger partial charge in [0.25, 0.3) is 5.91 Å². The van der Waals surface area contributed by atoms with Gasteiger partial charge in [0, 0.05) is 25.2 Å². The van der Waals surface area contributed by atoms with Gasteiger partial charge in [-0.1, -0.05) is 88.6 Å². The van der Waals surface area contributed by atoms with E-state index in [0.29, 0.717) is 31.2 Å². The van der Waals surface area contributed by atoms with Gasteiger partial charge in [-0.25, -0.2) is 0 Å². The van der Waals surface area contributed by atoms with Crippen LogP contribution in [0.2, 0.25) is 0 Å². The average Bonchev–Trinajstić information content (AvgIpc) is 3.02. The van der Waals surface area contributed by atoms with E-state index in [-0.39, 0.29) is 5.91 Å². The standard InChI is InChI=1S/C36H50N2O3/c1-5-8-14-30-17-20-33(21-18-30)36(39)38(26-25-37(23-9-6-2)24-10-7-3)28-32-19-22-34(40-4)35(27-32)41-29-31-15-12-11-13-16-31/h11-13,15-22,27H,5-10,14,23-26,28-29H2,1-4H3. The van der Waals surface area contributed by atoms with E-state index in [0.717, 1.165) is 49.2 Å². The molecule has 0 saturated heterocycles. The predicted molar refractivity (Wildman–Crippen MR) is 170 cm³/mol. The molecule has 0 fully saturated rings. The summed E-state index contributed by atoms with van der Waals surface area (Å²) in [6.07, 6.45) is 8.09. The first kappa shape index (κ1) is 32.2. The summed E-state index contributed by atoms with van der Waals surface area (Å²) in [6, 6.07) is 24.3. The number of hydrogen-bond acceptors (Lipinski definition) is 4. The van der Waals surface area contributed by atoms with Crippen molar-refractivity contribution in [2.75, 3.05) is 33.3 Å². The molecule has 0 radical (unpaired) electrons. The molecule has 0 aromatic heterocycles. The highest BCUT2D eigenvalue weighted by molar-refractivity contribution is 5.94. The summed E-state index contributed by atoms with van der Waals surface area (Å²) in [5.74, 6) is 1.45. The van der Waals surface area contributed by atoms with Crippen molar-refractivity contribution in [3.05, 3.63) is 95.1 Å². The van der Waals surface area contributed by atoms with Crippen LogP contribution < -0.4 is 9.47 Å². The number of nitrogens with zero attached hydrogens (tertiary/aromatic N) is 2. The molecule has 0 aliphatic carbocycles. The molecule has 222 valence electrons. The molecule has 3 aromatic carbocycles. The van der Waals surface area contributed by atoms with Gasteiger partial charge in [-0.15, -0.1) is 0 Å². The van der Waals surface area contributed by atoms with Crippen LogP contribution in [0.4, 0.5) is 0 Å². The molecule has 0 bridgehead atoms. The summed E-state index contributed by atoms with van der Waals surface area (Å²) in [7, 11) is 1.66. The molecule has 41 heavy (non-hydrogen) atoms. The monoisotopic (exact) mass is 558 g/mol. The van der Waals surface area contributed by atoms with Crippen LogP contribution in [0, 0.1) is 0 Å². The van der Waals surface area contributed by atoms with Gasteiger partial charge in [-0.2, -0.15) is 0 Å². The maximum absolute atomic E-state index is 13.9. The Morgan fingerprint density at radius 3 is 1.98 bits per heavy atom. The lowest BCUT2D eigenvalue weighted by Crippen LogP contribution is -2.39. The number of carbonyl (C=O) groups excluding carboxylic acids is 1. The number of aryl methyl sites for hydroxylation is 1. The van der Waals surface area contributed by atoms with Gasteiger partial charge in [-0.05, 0) is 79.7 Å². The van der Waals surface area contributed by atoms with Crippen molar-refractivity contribution in [2.24, 2.45) is 0 Å². The minimum Gasteiger partial charge on any atom is -0.493 e. The first-order valence-corrected chi connectivity index (χ1v) is 15.5. The largest absolute Gasteiger partial charge is 0.493 e. The highest BCUT2D eigenvalue weighted by Gasteiger charge is 2.19. The molecule has 0 N–H and O–H groups in total. The van der Waals surface area contributed by atoms with Crippen LogP contribution in [0.1, 0.15) is 86.3 Å². The first-order chi connectivity index (χ1) is 20.1. The minimum atomic E-state index is 0.0700. The normalized spacial score (nSPS) is 11.0. The fourth-order valence-electron chi connectivity index (χ4n) is 4.88. The molecular formula is C36H50N2O3. The van der Waals surface area contributed by atoms with Gasteiger partial charge >= 0.3 is 0 Å². The molecule has 5 nitrogen and oxygen atoms in total. The van der Waals surface area contributed by atoms with Gasteiger partial charge in [-0.3, -0.25) is 4.79 Å². The van der Waals surface area contributed by atoms with Crippen molar-refractivity contribution in [1.29, 1.82) is 0 Å². The van der Waals surface area contributed by atoms with E-state index >= 15 is 0 Å². The van der Waals surface area contributed by atoms with Crippen molar-refractivity contribution < 1.29 is 14.3 Å². The first-order valence-electron chi connectivity index (χ1n) is 15.5. The lowest BCUT2D eigenvalue weighted by atomic mass is 10.1. The number of unbranched alkanes of at least 4 members (excludes halogenated alkanes) is 3. The smallest absolute Gasteiger partial charge is 0.254 e. The van der Waals surface area contributed by atoms with Crippen LogP contribution >= 0.6 is 0 Å². The quantitative estimate of drug-likeness (QED) is 0.149. The second-order valence-corrected chi connectivity index (χ2v) is 10.8. The minimum absolute atomic E-state index is 0.0700. The highest BCUT2D eigenvalue weighted by Crippen LogP contribution is 2.29. The van der Waals surface area contributed by atoms with Gasteiger partial charge in [0.2, 0.25) is 0 Å². The van der Waals surface area contributed by atoms with E-state index in [2.05, 4.69) is 37.8 Å². The third kappa shape index (κ3) is 10.9. The molecule has 3 aromatic rings. The average molecular weight is 559 g/mol. The Kier molecular flexibility index (Phi) is 14.3. The number of amides is 1. The van der Waals surface area contributed by atoms with E-state index in [1.54, 1.807) is 7.11 Å². The Morgan fingerprint density at radius 1 is 0.683 bits per heavy atom. The highest BCUT2D eigenvalue weighted by atomic mass is 16.5. The Labute approximate surface area is 248 Å². The number of carbonyl (C=O) groups is 1. The zero-order valence-electron chi connectivity index (χ0n) is 25.7. The molecule has 0 spiro atoms. The second-order valence-electron chi connectivity index (χ2n) is 10.8. The van der Waals surface area contributed by atoms with Gasteiger partial charge < -0.3 is 19.3 Å². The summed E-state index contributed by atoms with van der Waals surface area (Å²) in [4.78, 5) is 18.4. The fourth-order valence-corrected chi connectivity index (χ4v) is 4.88. The van der Waals surface area contributed by atoms with Gasteiger partial charge in [0.15, 0.2) is 11.5 Å². The van der Waals surface area contributed by atoms with Crippen molar-refractivity contribution in [3.8, 4) is 11.5 Å². The van der Waals surface area contributed by atoms with Crippen LogP contribution in [-0.4, -0.2) is 49.0 Å². The van der Waals surface area contributed by atoms with Crippen LogP contribution in [0.3, 0.4) is 0 Å². The molecule has 3 rings (SSSR count). The Morgan fingerprint density at radius 2 is 1.34 bits per heavy atom. The number of methoxy groups -OCH3 is 1. The molecule has 0 atom stereocenters. The van der Waals surface area contributed by atoms with E-state index in [9.17, 15) is 4.79 Å². The summed E-state index contributed by atoms with van der Waals surface area (Å²) < 4.78 is 11.8. The van der Waals surface area contributed by atoms with Crippen molar-refractivity contribution >= 4 is 5.91 Å². The predicted octanol–water partition coefficient (Wildman–Crippen LogP) is 8.16. The van der Waals surface area contributed by atoms with Crippen molar-refractivity contribution in [2.45, 2.75) is 78.9 Å². The van der Waals surface area contributed by atoms with Gasteiger partial charge in [0.1, 0.15) is 6.61 Å². The molecule has 0 heterocycles. The Balaban J connectivity index is 1.80. The maximum atomic E-state index is 13.9. The number of rotatable bonds is 19. The van der Waals surface area contributed by atoms with E-state index in [1.165, 1.54) is 37.7 Å². The number of benzene rings is 3. The molecular weight excluding hydrogens is 508 g/mol. The van der Waals surface area contributed by atoms with Crippen LogP contribution in [0.25, 0.3) is 0 Å². The second kappa shape index (κ2) is 18.2. The maximum Gasteiger partial charge on any atom is 0.254 e. The van der Waals surface area contributed by atoms with Crippen LogP contribution in [0.5, 0.6) is 11.5 Å². The van der Waals surface area contributed by atoms with E-state index < -0.39 is 0 Å². The third-order valence-corrected chi connectivity index (χ3v) is 7.49. The third-order valence-electron chi connectivity index (χ3n) is 7.49. The van der Waals surface area contributed by atoms with Crippen molar-refractivity contribution in [1.82, 2.24) is 9.80 Å². The fraction of sp³-hybridized carbons (Fsp3) is 0.472. The molecule has 5 heteroatoms. The lowest BCUT2D eigenvalue weighted by Gasteiger charge is -2.28. The molecule has 0 unspecified atom stereocenters. The summed E-state index contributed by atoms with van der Waals surface area (Å²) in [5, 5.41) is 0. The van der Waals surface area contributed by atoms with Gasteiger partial charge in [0.05, 0.1) is 7.11 Å². The summed E-state index contributed by atoms with van der Waals surface area (Å²) in [6.45, 7) is 11.3. The Bertz CT molecular complexity index is 1140. The lowest BCUT2D eigenvalue weighted by molar-refractivity contribution is 0.0720. The zero-order chi connectivity index (χ0) is 29.3. The van der Waals surface area contributed by atoms with Crippen LogP contribution in [-0.2, 0) is 19.6 Å².